The molecule has 0 saturated heterocycles. The Bertz CT molecular complexity index is 440. The highest BCUT2D eigenvalue weighted by atomic mass is 79.9. The monoisotopic (exact) mass is 311 g/mol. The molecule has 0 fully saturated rings. The Kier molecular flexibility index (Phi) is 4.52. The number of halogens is 2. The minimum Gasteiger partial charge on any atom is -0.490 e. The van der Waals surface area contributed by atoms with E-state index in [1.54, 1.807) is 0 Å². The van der Waals surface area contributed by atoms with Crippen molar-refractivity contribution >= 4 is 15.9 Å². The van der Waals surface area contributed by atoms with Gasteiger partial charge in [-0.2, -0.15) is 4.39 Å². The van der Waals surface area contributed by atoms with Gasteiger partial charge in [0.1, 0.15) is 24.7 Å². The second kappa shape index (κ2) is 6.35. The van der Waals surface area contributed by atoms with Crippen LogP contribution in [0.25, 0.3) is 0 Å². The van der Waals surface area contributed by atoms with Gasteiger partial charge in [-0.05, 0) is 36.4 Å². The number of ether oxygens (including phenoxy) is 2. The molecule has 0 unspecified atom stereocenters. The zero-order valence-electron chi connectivity index (χ0n) is 9.48. The van der Waals surface area contributed by atoms with E-state index in [2.05, 4.69) is 20.9 Å². The lowest BCUT2D eigenvalue weighted by molar-refractivity contribution is 0.216. The van der Waals surface area contributed by atoms with E-state index >= 15 is 0 Å². The number of hydrogen-bond donors (Lipinski definition) is 0. The van der Waals surface area contributed by atoms with Crippen LogP contribution < -0.4 is 9.47 Å². The van der Waals surface area contributed by atoms with Crippen LogP contribution in [0.15, 0.2) is 47.1 Å². The van der Waals surface area contributed by atoms with Crippen LogP contribution in [0.2, 0.25) is 0 Å². The summed E-state index contributed by atoms with van der Waals surface area (Å²) in [6, 6.07) is 10.3. The number of aromatic nitrogens is 1. The van der Waals surface area contributed by atoms with Crippen LogP contribution in [-0.2, 0) is 0 Å². The number of pyridine rings is 1. The Labute approximate surface area is 113 Å². The molecule has 0 aliphatic rings. The highest BCUT2D eigenvalue weighted by Gasteiger charge is 1.97. The third kappa shape index (κ3) is 4.00. The lowest BCUT2D eigenvalue weighted by Gasteiger charge is -2.08. The summed E-state index contributed by atoms with van der Waals surface area (Å²) in [5.41, 5.74) is 0. The Morgan fingerprint density at radius 1 is 0.944 bits per heavy atom. The van der Waals surface area contributed by atoms with Gasteiger partial charge >= 0.3 is 0 Å². The van der Waals surface area contributed by atoms with Crippen LogP contribution in [0.4, 0.5) is 4.39 Å². The minimum absolute atomic E-state index is 0.378. The molecule has 0 saturated carbocycles. The summed E-state index contributed by atoms with van der Waals surface area (Å²) in [7, 11) is 0. The molecule has 2 aromatic rings. The molecule has 3 nitrogen and oxygen atoms in total. The van der Waals surface area contributed by atoms with E-state index in [0.29, 0.717) is 19.0 Å². The van der Waals surface area contributed by atoms with Gasteiger partial charge in [-0.1, -0.05) is 15.9 Å². The fourth-order valence-electron chi connectivity index (χ4n) is 1.30. The zero-order valence-corrected chi connectivity index (χ0v) is 11.1. The topological polar surface area (TPSA) is 31.4 Å². The molecular formula is C13H11BrFNO2. The molecule has 1 aromatic heterocycles. The van der Waals surface area contributed by atoms with E-state index in [1.807, 2.05) is 24.3 Å². The van der Waals surface area contributed by atoms with Crippen molar-refractivity contribution in [2.75, 3.05) is 13.2 Å². The molecule has 2 rings (SSSR count). The molecule has 18 heavy (non-hydrogen) atoms. The van der Waals surface area contributed by atoms with Crippen LogP contribution in [0.1, 0.15) is 0 Å². The van der Waals surface area contributed by atoms with Gasteiger partial charge in [0.25, 0.3) is 0 Å². The summed E-state index contributed by atoms with van der Waals surface area (Å²) in [6.07, 6.45) is 1.34. The zero-order chi connectivity index (χ0) is 12.8. The Morgan fingerprint density at radius 2 is 1.56 bits per heavy atom. The van der Waals surface area contributed by atoms with Crippen LogP contribution in [0.3, 0.4) is 0 Å². The summed E-state index contributed by atoms with van der Waals surface area (Å²) < 4.78 is 24.3. The first kappa shape index (κ1) is 12.8. The van der Waals surface area contributed by atoms with E-state index in [4.69, 9.17) is 9.47 Å². The standard InChI is InChI=1S/C13H11BrFNO2/c14-10-1-3-11(4-2-10)17-7-8-18-12-5-6-13(15)16-9-12/h1-6,9H,7-8H2. The first-order valence-corrected chi connectivity index (χ1v) is 6.16. The minimum atomic E-state index is -0.520. The normalized spacial score (nSPS) is 10.1. The van der Waals surface area contributed by atoms with Crippen molar-refractivity contribution in [3.05, 3.63) is 53.0 Å². The molecule has 1 aromatic carbocycles. The van der Waals surface area contributed by atoms with E-state index in [0.717, 1.165) is 10.2 Å². The fourth-order valence-corrected chi connectivity index (χ4v) is 1.56. The van der Waals surface area contributed by atoms with Crippen molar-refractivity contribution in [1.82, 2.24) is 4.98 Å². The van der Waals surface area contributed by atoms with Gasteiger partial charge in [0, 0.05) is 4.47 Å². The van der Waals surface area contributed by atoms with Crippen LogP contribution in [0.5, 0.6) is 11.5 Å². The van der Waals surface area contributed by atoms with Crippen molar-refractivity contribution in [3.8, 4) is 11.5 Å². The lowest BCUT2D eigenvalue weighted by atomic mass is 10.3. The molecule has 0 bridgehead atoms. The van der Waals surface area contributed by atoms with E-state index in [1.165, 1.54) is 18.3 Å². The average Bonchev–Trinajstić information content (AvgIpc) is 2.39. The van der Waals surface area contributed by atoms with Gasteiger partial charge < -0.3 is 9.47 Å². The Hall–Kier alpha value is -1.62. The Balaban J connectivity index is 1.73. The lowest BCUT2D eigenvalue weighted by Crippen LogP contribution is -2.09. The van der Waals surface area contributed by atoms with E-state index in [9.17, 15) is 4.39 Å². The summed E-state index contributed by atoms with van der Waals surface area (Å²) in [6.45, 7) is 0.794. The van der Waals surface area contributed by atoms with Gasteiger partial charge in [-0.3, -0.25) is 0 Å². The number of rotatable bonds is 5. The van der Waals surface area contributed by atoms with Crippen molar-refractivity contribution in [3.63, 3.8) is 0 Å². The molecular weight excluding hydrogens is 301 g/mol. The summed E-state index contributed by atoms with van der Waals surface area (Å²) in [4.78, 5) is 3.49. The summed E-state index contributed by atoms with van der Waals surface area (Å²) in [5, 5.41) is 0. The van der Waals surface area contributed by atoms with Gasteiger partial charge in [-0.25, -0.2) is 4.98 Å². The van der Waals surface area contributed by atoms with E-state index < -0.39 is 5.95 Å². The first-order chi connectivity index (χ1) is 8.74. The van der Waals surface area contributed by atoms with Crippen LogP contribution in [0, 0.1) is 5.95 Å². The van der Waals surface area contributed by atoms with Crippen LogP contribution in [-0.4, -0.2) is 18.2 Å². The third-order valence-corrected chi connectivity index (χ3v) is 2.66. The maximum absolute atomic E-state index is 12.5. The molecule has 0 aliphatic carbocycles. The predicted octanol–water partition coefficient (Wildman–Crippen LogP) is 3.44. The van der Waals surface area contributed by atoms with E-state index in [-0.39, 0.29) is 0 Å². The maximum atomic E-state index is 12.5. The number of hydrogen-bond acceptors (Lipinski definition) is 3. The molecule has 0 radical (unpaired) electrons. The maximum Gasteiger partial charge on any atom is 0.213 e. The van der Waals surface area contributed by atoms with Crippen molar-refractivity contribution in [1.29, 1.82) is 0 Å². The quantitative estimate of drug-likeness (QED) is 0.626. The second-order valence-electron chi connectivity index (χ2n) is 3.47. The molecule has 0 atom stereocenters. The van der Waals surface area contributed by atoms with Gasteiger partial charge in [0.15, 0.2) is 0 Å². The van der Waals surface area contributed by atoms with Gasteiger partial charge in [0.05, 0.1) is 6.20 Å². The second-order valence-corrected chi connectivity index (χ2v) is 4.38. The molecule has 0 aliphatic heterocycles. The molecule has 0 spiro atoms. The number of nitrogens with zero attached hydrogens (tertiary/aromatic N) is 1. The number of benzene rings is 1. The van der Waals surface area contributed by atoms with Crippen molar-refractivity contribution < 1.29 is 13.9 Å². The first-order valence-electron chi connectivity index (χ1n) is 5.37. The highest BCUT2D eigenvalue weighted by molar-refractivity contribution is 9.10. The highest BCUT2D eigenvalue weighted by Crippen LogP contribution is 2.16. The fraction of sp³-hybridized carbons (Fsp3) is 0.154. The molecule has 0 amide bonds. The predicted molar refractivity (Wildman–Crippen MR) is 69.3 cm³/mol. The average molecular weight is 312 g/mol. The molecule has 5 heteroatoms. The van der Waals surface area contributed by atoms with Gasteiger partial charge in [-0.15, -0.1) is 0 Å². The molecule has 94 valence electrons. The Morgan fingerprint density at radius 3 is 2.17 bits per heavy atom. The van der Waals surface area contributed by atoms with Crippen molar-refractivity contribution in [2.24, 2.45) is 0 Å². The third-order valence-electron chi connectivity index (χ3n) is 2.13. The summed E-state index contributed by atoms with van der Waals surface area (Å²) >= 11 is 3.35. The van der Waals surface area contributed by atoms with Crippen LogP contribution >= 0.6 is 15.9 Å². The summed E-state index contributed by atoms with van der Waals surface area (Å²) in [5.74, 6) is 0.781. The smallest absolute Gasteiger partial charge is 0.213 e. The SMILES string of the molecule is Fc1ccc(OCCOc2ccc(Br)cc2)cn1. The molecule has 0 N–H and O–H groups in total. The van der Waals surface area contributed by atoms with Gasteiger partial charge in [0.2, 0.25) is 5.95 Å². The largest absolute Gasteiger partial charge is 0.490 e. The molecule has 1 heterocycles. The van der Waals surface area contributed by atoms with Crippen molar-refractivity contribution in [2.45, 2.75) is 0 Å².